The molecule has 0 aliphatic carbocycles. The summed E-state index contributed by atoms with van der Waals surface area (Å²) < 4.78 is 12.9. The van der Waals surface area contributed by atoms with Gasteiger partial charge < -0.3 is 10.2 Å². The zero-order valence-electron chi connectivity index (χ0n) is 12.2. The number of likely N-dealkylation sites (tertiary alicyclic amines) is 1. The Labute approximate surface area is 116 Å². The number of halogens is 1. The third-order valence-corrected chi connectivity index (χ3v) is 4.25. The minimum absolute atomic E-state index is 0.169. The molecule has 3 heteroatoms. The van der Waals surface area contributed by atoms with Gasteiger partial charge in [-0.1, -0.05) is 12.1 Å². The topological polar surface area (TPSA) is 15.3 Å². The van der Waals surface area contributed by atoms with Gasteiger partial charge in [0, 0.05) is 18.6 Å². The van der Waals surface area contributed by atoms with Gasteiger partial charge in [0.05, 0.1) is 0 Å². The molecule has 0 saturated carbocycles. The van der Waals surface area contributed by atoms with Crippen molar-refractivity contribution in [2.24, 2.45) is 5.92 Å². The highest BCUT2D eigenvalue weighted by molar-refractivity contribution is 5.19. The van der Waals surface area contributed by atoms with Crippen molar-refractivity contribution in [2.45, 2.75) is 38.8 Å². The number of hydrogen-bond donors (Lipinski definition) is 1. The minimum atomic E-state index is -0.169. The van der Waals surface area contributed by atoms with E-state index in [0.29, 0.717) is 12.0 Å². The van der Waals surface area contributed by atoms with E-state index >= 15 is 0 Å². The summed E-state index contributed by atoms with van der Waals surface area (Å²) >= 11 is 0. The van der Waals surface area contributed by atoms with Crippen LogP contribution in [0.5, 0.6) is 0 Å². The molecule has 3 unspecified atom stereocenters. The summed E-state index contributed by atoms with van der Waals surface area (Å²) in [5, 5.41) is 3.66. The second-order valence-electron chi connectivity index (χ2n) is 5.89. The highest BCUT2D eigenvalue weighted by atomic mass is 19.1. The number of benzene rings is 1. The Kier molecular flexibility index (Phi) is 4.94. The molecule has 1 N–H and O–H groups in total. The van der Waals surface area contributed by atoms with Gasteiger partial charge in [0.15, 0.2) is 0 Å². The minimum Gasteiger partial charge on any atom is -0.307 e. The summed E-state index contributed by atoms with van der Waals surface area (Å²) in [5.74, 6) is 0.541. The Balaban J connectivity index is 1.90. The molecule has 1 aromatic carbocycles. The Bertz CT molecular complexity index is 390. The lowest BCUT2D eigenvalue weighted by Crippen LogP contribution is -2.43. The Hall–Kier alpha value is -0.930. The molecule has 1 fully saturated rings. The van der Waals surface area contributed by atoms with E-state index < -0.39 is 0 Å². The van der Waals surface area contributed by atoms with E-state index in [1.807, 2.05) is 12.1 Å². The third kappa shape index (κ3) is 4.02. The summed E-state index contributed by atoms with van der Waals surface area (Å²) in [5.41, 5.74) is 1.15. The fraction of sp³-hybridized carbons (Fsp3) is 0.625. The molecule has 2 rings (SSSR count). The summed E-state index contributed by atoms with van der Waals surface area (Å²) in [6.07, 6.45) is 2.59. The molecule has 0 amide bonds. The van der Waals surface area contributed by atoms with E-state index in [-0.39, 0.29) is 11.9 Å². The molecule has 1 saturated heterocycles. The quantitative estimate of drug-likeness (QED) is 0.898. The van der Waals surface area contributed by atoms with Crippen LogP contribution in [-0.4, -0.2) is 31.1 Å². The Morgan fingerprint density at radius 2 is 1.95 bits per heavy atom. The number of piperidine rings is 1. The van der Waals surface area contributed by atoms with E-state index in [1.54, 1.807) is 0 Å². The van der Waals surface area contributed by atoms with Gasteiger partial charge in [-0.3, -0.25) is 0 Å². The maximum absolute atomic E-state index is 12.9. The fourth-order valence-corrected chi connectivity index (χ4v) is 2.99. The summed E-state index contributed by atoms with van der Waals surface area (Å²) in [7, 11) is 2.20. The van der Waals surface area contributed by atoms with E-state index in [2.05, 4.69) is 31.1 Å². The van der Waals surface area contributed by atoms with Crippen molar-refractivity contribution in [3.63, 3.8) is 0 Å². The monoisotopic (exact) mass is 264 g/mol. The van der Waals surface area contributed by atoms with Crippen molar-refractivity contribution in [1.82, 2.24) is 10.2 Å². The first-order valence-electron chi connectivity index (χ1n) is 7.26. The molecule has 1 heterocycles. The Morgan fingerprint density at radius 3 is 2.58 bits per heavy atom. The van der Waals surface area contributed by atoms with Crippen molar-refractivity contribution in [3.8, 4) is 0 Å². The van der Waals surface area contributed by atoms with Gasteiger partial charge >= 0.3 is 0 Å². The van der Waals surface area contributed by atoms with Gasteiger partial charge in [-0.05, 0) is 63.9 Å². The zero-order chi connectivity index (χ0) is 13.8. The van der Waals surface area contributed by atoms with E-state index in [0.717, 1.165) is 5.56 Å². The van der Waals surface area contributed by atoms with Crippen LogP contribution in [0.1, 0.15) is 38.3 Å². The van der Waals surface area contributed by atoms with Crippen LogP contribution < -0.4 is 5.32 Å². The lowest BCUT2D eigenvalue weighted by atomic mass is 9.91. The Morgan fingerprint density at radius 1 is 1.26 bits per heavy atom. The van der Waals surface area contributed by atoms with Crippen molar-refractivity contribution in [1.29, 1.82) is 0 Å². The van der Waals surface area contributed by atoms with Crippen LogP contribution in [-0.2, 0) is 0 Å². The van der Waals surface area contributed by atoms with Crippen LogP contribution in [0.3, 0.4) is 0 Å². The van der Waals surface area contributed by atoms with Gasteiger partial charge in [-0.25, -0.2) is 4.39 Å². The van der Waals surface area contributed by atoms with Gasteiger partial charge in [0.1, 0.15) is 5.82 Å². The van der Waals surface area contributed by atoms with Gasteiger partial charge in [0.25, 0.3) is 0 Å². The highest BCUT2D eigenvalue weighted by Gasteiger charge is 2.23. The first-order chi connectivity index (χ1) is 9.06. The number of rotatable bonds is 4. The van der Waals surface area contributed by atoms with Gasteiger partial charge in [0.2, 0.25) is 0 Å². The standard InChI is InChI=1S/C16H25FN2/c1-12(14-6-8-16(17)9-7-14)18-13(2)15-5-4-10-19(3)11-15/h6-9,12-13,15,18H,4-5,10-11H2,1-3H3. The fourth-order valence-electron chi connectivity index (χ4n) is 2.99. The molecule has 0 radical (unpaired) electrons. The highest BCUT2D eigenvalue weighted by Crippen LogP contribution is 2.21. The molecule has 19 heavy (non-hydrogen) atoms. The molecular formula is C16H25FN2. The van der Waals surface area contributed by atoms with Gasteiger partial charge in [-0.15, -0.1) is 0 Å². The first kappa shape index (κ1) is 14.5. The molecule has 0 spiro atoms. The smallest absolute Gasteiger partial charge is 0.123 e. The molecular weight excluding hydrogens is 239 g/mol. The maximum Gasteiger partial charge on any atom is 0.123 e. The lowest BCUT2D eigenvalue weighted by molar-refractivity contribution is 0.174. The second-order valence-corrected chi connectivity index (χ2v) is 5.89. The molecule has 1 aromatic rings. The number of hydrogen-bond acceptors (Lipinski definition) is 2. The van der Waals surface area contributed by atoms with Crippen LogP contribution in [0.4, 0.5) is 4.39 Å². The summed E-state index contributed by atoms with van der Waals surface area (Å²) in [6, 6.07) is 7.56. The van der Waals surface area contributed by atoms with E-state index in [1.165, 1.54) is 38.1 Å². The third-order valence-electron chi connectivity index (χ3n) is 4.25. The maximum atomic E-state index is 12.9. The predicted octanol–water partition coefficient (Wildman–Crippen LogP) is 3.21. The molecule has 0 aromatic heterocycles. The lowest BCUT2D eigenvalue weighted by Gasteiger charge is -2.35. The first-order valence-corrected chi connectivity index (χ1v) is 7.26. The number of nitrogens with zero attached hydrogens (tertiary/aromatic N) is 1. The summed E-state index contributed by atoms with van der Waals surface area (Å²) in [4.78, 5) is 2.41. The molecule has 0 bridgehead atoms. The molecule has 106 valence electrons. The van der Waals surface area contributed by atoms with Crippen molar-refractivity contribution in [2.75, 3.05) is 20.1 Å². The molecule has 1 aliphatic rings. The SMILES string of the molecule is CC(NC(C)C1CCCN(C)C1)c1ccc(F)cc1. The average Bonchev–Trinajstić information content (AvgIpc) is 2.39. The summed E-state index contributed by atoms with van der Waals surface area (Å²) in [6.45, 7) is 6.81. The van der Waals surface area contributed by atoms with E-state index in [4.69, 9.17) is 0 Å². The van der Waals surface area contributed by atoms with Crippen LogP contribution >= 0.6 is 0 Å². The predicted molar refractivity (Wildman–Crippen MR) is 77.6 cm³/mol. The number of nitrogens with one attached hydrogen (secondary N) is 1. The molecule has 3 atom stereocenters. The van der Waals surface area contributed by atoms with Crippen LogP contribution in [0.25, 0.3) is 0 Å². The van der Waals surface area contributed by atoms with Crippen LogP contribution in [0, 0.1) is 11.7 Å². The molecule has 2 nitrogen and oxygen atoms in total. The average molecular weight is 264 g/mol. The molecule has 1 aliphatic heterocycles. The van der Waals surface area contributed by atoms with Crippen molar-refractivity contribution >= 4 is 0 Å². The van der Waals surface area contributed by atoms with Crippen molar-refractivity contribution < 1.29 is 4.39 Å². The normalized spacial score (nSPS) is 24.1. The van der Waals surface area contributed by atoms with Crippen molar-refractivity contribution in [3.05, 3.63) is 35.6 Å². The zero-order valence-corrected chi connectivity index (χ0v) is 12.2. The van der Waals surface area contributed by atoms with Gasteiger partial charge in [-0.2, -0.15) is 0 Å². The largest absolute Gasteiger partial charge is 0.307 e. The van der Waals surface area contributed by atoms with Crippen LogP contribution in [0.15, 0.2) is 24.3 Å². The second kappa shape index (κ2) is 6.49. The van der Waals surface area contributed by atoms with Crippen LogP contribution in [0.2, 0.25) is 0 Å². The van der Waals surface area contributed by atoms with E-state index in [9.17, 15) is 4.39 Å².